The smallest absolute Gasteiger partial charge is 0.116 e. The van der Waals surface area contributed by atoms with Crippen molar-refractivity contribution < 1.29 is 4.74 Å². The van der Waals surface area contributed by atoms with Crippen LogP contribution in [-0.4, -0.2) is 6.61 Å². The SMILES string of the molecule is CCOC(C)(c1ccccc1C)c1ccccc1C. The zero-order chi connectivity index (χ0) is 13.9. The molecular formula is C18H22O. The molecule has 0 amide bonds. The van der Waals surface area contributed by atoms with Crippen LogP contribution in [0.3, 0.4) is 0 Å². The molecular weight excluding hydrogens is 232 g/mol. The Morgan fingerprint density at radius 1 is 0.842 bits per heavy atom. The molecule has 0 N–H and O–H groups in total. The maximum absolute atomic E-state index is 6.16. The van der Waals surface area contributed by atoms with Crippen LogP contribution in [0.2, 0.25) is 0 Å². The molecule has 0 radical (unpaired) electrons. The number of hydrogen-bond donors (Lipinski definition) is 0. The lowest BCUT2D eigenvalue weighted by Gasteiger charge is -2.33. The van der Waals surface area contributed by atoms with E-state index in [0.717, 1.165) is 0 Å². The first-order valence-corrected chi connectivity index (χ1v) is 6.85. The summed E-state index contributed by atoms with van der Waals surface area (Å²) < 4.78 is 6.16. The molecule has 0 saturated carbocycles. The topological polar surface area (TPSA) is 9.23 Å². The first-order chi connectivity index (χ1) is 9.09. The van der Waals surface area contributed by atoms with E-state index in [2.05, 4.69) is 76.2 Å². The zero-order valence-electron chi connectivity index (χ0n) is 12.2. The highest BCUT2D eigenvalue weighted by molar-refractivity contribution is 5.43. The fourth-order valence-corrected chi connectivity index (χ4v) is 2.81. The molecule has 0 heterocycles. The van der Waals surface area contributed by atoms with Gasteiger partial charge in [-0.1, -0.05) is 48.5 Å². The van der Waals surface area contributed by atoms with Crippen molar-refractivity contribution in [2.45, 2.75) is 33.3 Å². The van der Waals surface area contributed by atoms with Crippen molar-refractivity contribution in [1.82, 2.24) is 0 Å². The van der Waals surface area contributed by atoms with Gasteiger partial charge in [0.15, 0.2) is 0 Å². The van der Waals surface area contributed by atoms with Crippen LogP contribution < -0.4 is 0 Å². The van der Waals surface area contributed by atoms with Crippen molar-refractivity contribution in [2.75, 3.05) is 6.61 Å². The van der Waals surface area contributed by atoms with Crippen molar-refractivity contribution in [3.63, 3.8) is 0 Å². The van der Waals surface area contributed by atoms with Gasteiger partial charge in [-0.2, -0.15) is 0 Å². The van der Waals surface area contributed by atoms with E-state index in [4.69, 9.17) is 4.74 Å². The van der Waals surface area contributed by atoms with E-state index in [1.807, 2.05) is 0 Å². The molecule has 19 heavy (non-hydrogen) atoms. The van der Waals surface area contributed by atoms with Crippen LogP contribution in [-0.2, 0) is 10.3 Å². The van der Waals surface area contributed by atoms with Crippen LogP contribution in [0.5, 0.6) is 0 Å². The second-order valence-electron chi connectivity index (χ2n) is 5.10. The normalized spacial score (nSPS) is 11.6. The fourth-order valence-electron chi connectivity index (χ4n) is 2.81. The van der Waals surface area contributed by atoms with E-state index in [1.54, 1.807) is 0 Å². The molecule has 1 nitrogen and oxygen atoms in total. The maximum atomic E-state index is 6.16. The fraction of sp³-hybridized carbons (Fsp3) is 0.333. The maximum Gasteiger partial charge on any atom is 0.116 e. The third kappa shape index (κ3) is 2.57. The minimum Gasteiger partial charge on any atom is -0.366 e. The Labute approximate surface area is 116 Å². The average Bonchev–Trinajstić information content (AvgIpc) is 2.39. The molecule has 1 heteroatoms. The predicted molar refractivity (Wildman–Crippen MR) is 80.4 cm³/mol. The van der Waals surface area contributed by atoms with Gasteiger partial charge in [-0.15, -0.1) is 0 Å². The minimum absolute atomic E-state index is 0.383. The predicted octanol–water partition coefficient (Wildman–Crippen LogP) is 4.60. The Morgan fingerprint density at radius 3 is 1.63 bits per heavy atom. The van der Waals surface area contributed by atoms with Crippen LogP contribution in [0, 0.1) is 13.8 Å². The van der Waals surface area contributed by atoms with E-state index >= 15 is 0 Å². The molecule has 0 aliphatic heterocycles. The molecule has 0 unspecified atom stereocenters. The Bertz CT molecular complexity index is 512. The quantitative estimate of drug-likeness (QED) is 0.774. The highest BCUT2D eigenvalue weighted by atomic mass is 16.5. The van der Waals surface area contributed by atoms with Crippen molar-refractivity contribution >= 4 is 0 Å². The molecule has 2 aromatic rings. The van der Waals surface area contributed by atoms with E-state index < -0.39 is 0 Å². The van der Waals surface area contributed by atoms with Gasteiger partial charge >= 0.3 is 0 Å². The van der Waals surface area contributed by atoms with Crippen molar-refractivity contribution in [3.05, 3.63) is 70.8 Å². The molecule has 0 spiro atoms. The van der Waals surface area contributed by atoms with Crippen molar-refractivity contribution in [2.24, 2.45) is 0 Å². The van der Waals surface area contributed by atoms with E-state index in [1.165, 1.54) is 22.3 Å². The molecule has 2 aromatic carbocycles. The summed E-state index contributed by atoms with van der Waals surface area (Å²) in [6, 6.07) is 16.9. The summed E-state index contributed by atoms with van der Waals surface area (Å²) in [5, 5.41) is 0. The van der Waals surface area contributed by atoms with Gasteiger partial charge in [0.25, 0.3) is 0 Å². The summed E-state index contributed by atoms with van der Waals surface area (Å²) >= 11 is 0. The lowest BCUT2D eigenvalue weighted by atomic mass is 9.83. The van der Waals surface area contributed by atoms with Gasteiger partial charge in [0.2, 0.25) is 0 Å². The standard InChI is InChI=1S/C18H22O/c1-5-19-18(4,16-12-8-6-10-14(16)2)17-13-9-7-11-15(17)3/h6-13H,5H2,1-4H3. The Hall–Kier alpha value is -1.60. The molecule has 2 rings (SSSR count). The molecule has 0 aliphatic rings. The second kappa shape index (κ2) is 5.58. The Balaban J connectivity index is 2.62. The van der Waals surface area contributed by atoms with Crippen molar-refractivity contribution in [1.29, 1.82) is 0 Å². The summed E-state index contributed by atoms with van der Waals surface area (Å²) in [5.74, 6) is 0. The lowest BCUT2D eigenvalue weighted by Crippen LogP contribution is -2.29. The summed E-state index contributed by atoms with van der Waals surface area (Å²) in [6.07, 6.45) is 0. The van der Waals surface area contributed by atoms with Gasteiger partial charge in [0.1, 0.15) is 5.60 Å². The van der Waals surface area contributed by atoms with Gasteiger partial charge in [0, 0.05) is 6.61 Å². The molecule has 0 fully saturated rings. The zero-order valence-corrected chi connectivity index (χ0v) is 12.2. The van der Waals surface area contributed by atoms with Gasteiger partial charge in [-0.05, 0) is 49.9 Å². The first-order valence-electron chi connectivity index (χ1n) is 6.85. The second-order valence-corrected chi connectivity index (χ2v) is 5.10. The van der Waals surface area contributed by atoms with Gasteiger partial charge < -0.3 is 4.74 Å². The van der Waals surface area contributed by atoms with Crippen LogP contribution in [0.15, 0.2) is 48.5 Å². The third-order valence-corrected chi connectivity index (χ3v) is 3.75. The van der Waals surface area contributed by atoms with Gasteiger partial charge in [-0.3, -0.25) is 0 Å². The minimum atomic E-state index is -0.383. The monoisotopic (exact) mass is 254 g/mol. The molecule has 100 valence electrons. The molecule has 0 saturated heterocycles. The number of benzene rings is 2. The van der Waals surface area contributed by atoms with E-state index in [9.17, 15) is 0 Å². The average molecular weight is 254 g/mol. The first kappa shape index (κ1) is 13.8. The number of aryl methyl sites for hydroxylation is 2. The van der Waals surface area contributed by atoms with Crippen molar-refractivity contribution in [3.8, 4) is 0 Å². The third-order valence-electron chi connectivity index (χ3n) is 3.75. The number of hydrogen-bond acceptors (Lipinski definition) is 1. The summed E-state index contributed by atoms with van der Waals surface area (Å²) in [5.41, 5.74) is 4.63. The Kier molecular flexibility index (Phi) is 4.06. The molecule has 0 bridgehead atoms. The summed E-state index contributed by atoms with van der Waals surface area (Å²) in [7, 11) is 0. The van der Waals surface area contributed by atoms with Gasteiger partial charge in [-0.25, -0.2) is 0 Å². The highest BCUT2D eigenvalue weighted by Gasteiger charge is 2.31. The Morgan fingerprint density at radius 2 is 1.26 bits per heavy atom. The van der Waals surface area contributed by atoms with Crippen LogP contribution in [0.1, 0.15) is 36.1 Å². The van der Waals surface area contributed by atoms with Crippen LogP contribution in [0.25, 0.3) is 0 Å². The van der Waals surface area contributed by atoms with Gasteiger partial charge in [0.05, 0.1) is 0 Å². The van der Waals surface area contributed by atoms with E-state index in [0.29, 0.717) is 6.61 Å². The molecule has 0 atom stereocenters. The summed E-state index contributed by atoms with van der Waals surface area (Å²) in [6.45, 7) is 9.20. The number of ether oxygens (including phenoxy) is 1. The van der Waals surface area contributed by atoms with Crippen LogP contribution >= 0.6 is 0 Å². The summed E-state index contributed by atoms with van der Waals surface area (Å²) in [4.78, 5) is 0. The van der Waals surface area contributed by atoms with Crippen LogP contribution in [0.4, 0.5) is 0 Å². The largest absolute Gasteiger partial charge is 0.366 e. The highest BCUT2D eigenvalue weighted by Crippen LogP contribution is 2.36. The molecule has 0 aromatic heterocycles. The lowest BCUT2D eigenvalue weighted by molar-refractivity contribution is 0.00316. The molecule has 0 aliphatic carbocycles. The van der Waals surface area contributed by atoms with E-state index in [-0.39, 0.29) is 5.60 Å². The number of rotatable bonds is 4.